The number of alkyl halides is 3. The maximum Gasteiger partial charge on any atom is 0.416 e. The molecule has 1 saturated heterocycles. The first kappa shape index (κ1) is 21.6. The number of nitrogens with zero attached hydrogens (tertiary/aromatic N) is 3. The van der Waals surface area contributed by atoms with Crippen molar-refractivity contribution >= 4 is 29.0 Å². The van der Waals surface area contributed by atoms with E-state index in [0.717, 1.165) is 18.8 Å². The second-order valence-corrected chi connectivity index (χ2v) is 6.83. The van der Waals surface area contributed by atoms with Crippen LogP contribution >= 0.6 is 0 Å². The summed E-state index contributed by atoms with van der Waals surface area (Å²) in [6.45, 7) is 2.85. The molecule has 0 bridgehead atoms. The first-order chi connectivity index (χ1) is 15.3. The molecule has 1 amide bonds. The SMILES string of the molecule is O=C(Nc1ccc(N2CCOCC2)cc1)c1nnc(Nc2cc(C(F)(F)F)ccc2F)o1. The van der Waals surface area contributed by atoms with Gasteiger partial charge in [-0.25, -0.2) is 4.39 Å². The lowest BCUT2D eigenvalue weighted by molar-refractivity contribution is -0.137. The number of carbonyl (C=O) groups is 1. The van der Waals surface area contributed by atoms with Gasteiger partial charge in [-0.15, -0.1) is 5.10 Å². The third kappa shape index (κ3) is 4.97. The number of halogens is 4. The van der Waals surface area contributed by atoms with E-state index in [1.807, 2.05) is 12.1 Å². The summed E-state index contributed by atoms with van der Waals surface area (Å²) in [5.74, 6) is -2.13. The minimum atomic E-state index is -4.65. The van der Waals surface area contributed by atoms with E-state index in [0.29, 0.717) is 37.1 Å². The van der Waals surface area contributed by atoms with Crippen molar-refractivity contribution in [2.45, 2.75) is 6.18 Å². The zero-order valence-corrected chi connectivity index (χ0v) is 16.4. The molecule has 0 spiro atoms. The first-order valence-corrected chi connectivity index (χ1v) is 9.51. The van der Waals surface area contributed by atoms with Crippen LogP contribution in [0.25, 0.3) is 0 Å². The molecule has 1 aliphatic heterocycles. The van der Waals surface area contributed by atoms with Crippen molar-refractivity contribution in [3.05, 3.63) is 59.7 Å². The molecular formula is C20H17F4N5O3. The fourth-order valence-electron chi connectivity index (χ4n) is 3.04. The molecular weight excluding hydrogens is 434 g/mol. The van der Waals surface area contributed by atoms with Gasteiger partial charge in [-0.05, 0) is 42.5 Å². The van der Waals surface area contributed by atoms with Gasteiger partial charge in [0.05, 0.1) is 24.5 Å². The van der Waals surface area contributed by atoms with Crippen molar-refractivity contribution in [1.29, 1.82) is 0 Å². The molecule has 1 fully saturated rings. The monoisotopic (exact) mass is 451 g/mol. The molecule has 1 aliphatic rings. The molecule has 1 aromatic heterocycles. The summed E-state index contributed by atoms with van der Waals surface area (Å²) in [5, 5.41) is 11.9. The predicted octanol–water partition coefficient (Wildman–Crippen LogP) is 4.06. The quantitative estimate of drug-likeness (QED) is 0.565. The van der Waals surface area contributed by atoms with Gasteiger partial charge in [0.2, 0.25) is 0 Å². The third-order valence-electron chi connectivity index (χ3n) is 4.66. The van der Waals surface area contributed by atoms with Crippen LogP contribution in [-0.4, -0.2) is 42.4 Å². The zero-order chi connectivity index (χ0) is 22.7. The number of ether oxygens (including phenoxy) is 1. The van der Waals surface area contributed by atoms with Gasteiger partial charge in [-0.2, -0.15) is 13.2 Å². The van der Waals surface area contributed by atoms with E-state index >= 15 is 0 Å². The Kier molecular flexibility index (Phi) is 5.95. The van der Waals surface area contributed by atoms with Crippen molar-refractivity contribution in [3.63, 3.8) is 0 Å². The molecule has 2 N–H and O–H groups in total. The Hall–Kier alpha value is -3.67. The second-order valence-electron chi connectivity index (χ2n) is 6.83. The molecule has 12 heteroatoms. The van der Waals surface area contributed by atoms with E-state index in [-0.39, 0.29) is 0 Å². The number of benzene rings is 2. The van der Waals surface area contributed by atoms with E-state index in [1.54, 1.807) is 12.1 Å². The Morgan fingerprint density at radius 2 is 1.75 bits per heavy atom. The van der Waals surface area contributed by atoms with Crippen molar-refractivity contribution < 1.29 is 31.5 Å². The molecule has 2 aromatic carbocycles. The molecule has 0 atom stereocenters. The molecule has 0 saturated carbocycles. The van der Waals surface area contributed by atoms with Gasteiger partial charge >= 0.3 is 24.0 Å². The number of hydrogen-bond donors (Lipinski definition) is 2. The standard InChI is InChI=1S/C20H17F4N5O3/c21-15-6-1-12(20(22,23)24)11-16(15)26-19-28-27-18(32-19)17(30)25-13-2-4-14(5-3-13)29-7-9-31-10-8-29/h1-6,11H,7-10H2,(H,25,30)(H,26,28). The number of amides is 1. The Balaban J connectivity index is 1.41. The summed E-state index contributed by atoms with van der Waals surface area (Å²) >= 11 is 0. The predicted molar refractivity (Wildman–Crippen MR) is 106 cm³/mol. The number of nitrogens with one attached hydrogen (secondary N) is 2. The summed E-state index contributed by atoms with van der Waals surface area (Å²) in [6.07, 6.45) is -4.65. The summed E-state index contributed by atoms with van der Waals surface area (Å²) in [6, 6.07) is 8.50. The van der Waals surface area contributed by atoms with Gasteiger partial charge in [0.15, 0.2) is 0 Å². The molecule has 168 valence electrons. The highest BCUT2D eigenvalue weighted by molar-refractivity contribution is 6.01. The van der Waals surface area contributed by atoms with E-state index in [4.69, 9.17) is 9.15 Å². The Morgan fingerprint density at radius 3 is 2.44 bits per heavy atom. The summed E-state index contributed by atoms with van der Waals surface area (Å²) in [4.78, 5) is 14.5. The van der Waals surface area contributed by atoms with Crippen molar-refractivity contribution in [2.24, 2.45) is 0 Å². The lowest BCUT2D eigenvalue weighted by Gasteiger charge is -2.28. The average molecular weight is 451 g/mol. The topological polar surface area (TPSA) is 92.5 Å². The van der Waals surface area contributed by atoms with Gasteiger partial charge in [0.25, 0.3) is 0 Å². The number of carbonyl (C=O) groups excluding carboxylic acids is 1. The number of rotatable bonds is 5. The fraction of sp³-hybridized carbons (Fsp3) is 0.250. The summed E-state index contributed by atoms with van der Waals surface area (Å²) < 4.78 is 62.7. The average Bonchev–Trinajstić information content (AvgIpc) is 3.24. The van der Waals surface area contributed by atoms with E-state index in [1.165, 1.54) is 0 Å². The van der Waals surface area contributed by atoms with Gasteiger partial charge in [0.1, 0.15) is 5.82 Å². The van der Waals surface area contributed by atoms with Crippen LogP contribution in [0.15, 0.2) is 46.9 Å². The number of anilines is 4. The second kappa shape index (κ2) is 8.83. The lowest BCUT2D eigenvalue weighted by atomic mass is 10.2. The minimum absolute atomic E-state index is 0.434. The third-order valence-corrected chi connectivity index (χ3v) is 4.66. The Morgan fingerprint density at radius 1 is 1.03 bits per heavy atom. The molecule has 32 heavy (non-hydrogen) atoms. The van der Waals surface area contributed by atoms with Crippen LogP contribution in [0.3, 0.4) is 0 Å². The highest BCUT2D eigenvalue weighted by Gasteiger charge is 2.31. The van der Waals surface area contributed by atoms with Gasteiger partial charge in [0, 0.05) is 24.5 Å². The maximum absolute atomic E-state index is 13.9. The molecule has 0 unspecified atom stereocenters. The van der Waals surface area contributed by atoms with Gasteiger partial charge < -0.3 is 24.7 Å². The molecule has 3 aromatic rings. The smallest absolute Gasteiger partial charge is 0.399 e. The highest BCUT2D eigenvalue weighted by Crippen LogP contribution is 2.32. The van der Waals surface area contributed by atoms with Crippen LogP contribution in [0, 0.1) is 5.82 Å². The molecule has 0 radical (unpaired) electrons. The number of aromatic nitrogens is 2. The van der Waals surface area contributed by atoms with Crippen molar-refractivity contribution in [1.82, 2.24) is 10.2 Å². The molecule has 2 heterocycles. The van der Waals surface area contributed by atoms with Crippen LogP contribution in [0.1, 0.15) is 16.2 Å². The van der Waals surface area contributed by atoms with E-state index in [2.05, 4.69) is 25.7 Å². The first-order valence-electron chi connectivity index (χ1n) is 9.51. The lowest BCUT2D eigenvalue weighted by Crippen LogP contribution is -2.36. The van der Waals surface area contributed by atoms with Crippen LogP contribution < -0.4 is 15.5 Å². The van der Waals surface area contributed by atoms with E-state index in [9.17, 15) is 22.4 Å². The molecule has 4 rings (SSSR count). The van der Waals surface area contributed by atoms with Crippen LogP contribution in [-0.2, 0) is 10.9 Å². The summed E-state index contributed by atoms with van der Waals surface area (Å²) in [5.41, 5.74) is -0.115. The highest BCUT2D eigenvalue weighted by atomic mass is 19.4. The van der Waals surface area contributed by atoms with Crippen LogP contribution in [0.5, 0.6) is 0 Å². The van der Waals surface area contributed by atoms with E-state index < -0.39 is 41.1 Å². The Labute approximate surface area is 179 Å². The van der Waals surface area contributed by atoms with Crippen LogP contribution in [0.2, 0.25) is 0 Å². The van der Waals surface area contributed by atoms with Crippen molar-refractivity contribution in [3.8, 4) is 0 Å². The number of morpholine rings is 1. The van der Waals surface area contributed by atoms with Gasteiger partial charge in [-0.3, -0.25) is 4.79 Å². The van der Waals surface area contributed by atoms with Crippen molar-refractivity contribution in [2.75, 3.05) is 41.8 Å². The molecule has 8 nitrogen and oxygen atoms in total. The maximum atomic E-state index is 13.9. The van der Waals surface area contributed by atoms with Gasteiger partial charge in [-0.1, -0.05) is 5.10 Å². The minimum Gasteiger partial charge on any atom is -0.399 e. The van der Waals surface area contributed by atoms with Crippen LogP contribution in [0.4, 0.5) is 40.6 Å². The fourth-order valence-corrected chi connectivity index (χ4v) is 3.04. The summed E-state index contributed by atoms with van der Waals surface area (Å²) in [7, 11) is 0. The Bertz CT molecular complexity index is 1100. The number of hydrogen-bond acceptors (Lipinski definition) is 7. The molecule has 0 aliphatic carbocycles. The normalized spacial score (nSPS) is 14.3. The zero-order valence-electron chi connectivity index (χ0n) is 16.4. The largest absolute Gasteiger partial charge is 0.416 e.